The highest BCUT2D eigenvalue weighted by molar-refractivity contribution is 5.95. The Morgan fingerprint density at radius 1 is 0.774 bits per heavy atom. The van der Waals surface area contributed by atoms with Gasteiger partial charge in [-0.2, -0.15) is 5.10 Å². The number of para-hydroxylation sites is 4. The molecule has 0 radical (unpaired) electrons. The fourth-order valence-corrected chi connectivity index (χ4v) is 8.03. The fourth-order valence-electron chi connectivity index (χ4n) is 8.03. The minimum atomic E-state index is -0.00425. The monoisotopic (exact) mass is 826 g/mol. The zero-order valence-electron chi connectivity index (χ0n) is 35.0. The number of nitrogens with one attached hydrogen (secondary N) is 4. The highest BCUT2D eigenvalue weighted by Gasteiger charge is 2.24. The van der Waals surface area contributed by atoms with Gasteiger partial charge in [-0.05, 0) is 74.2 Å². The van der Waals surface area contributed by atoms with Gasteiger partial charge in [0, 0.05) is 54.3 Å². The molecule has 1 saturated heterocycles. The van der Waals surface area contributed by atoms with Crippen LogP contribution in [0.1, 0.15) is 43.5 Å². The van der Waals surface area contributed by atoms with Gasteiger partial charge < -0.3 is 20.7 Å². The van der Waals surface area contributed by atoms with Gasteiger partial charge >= 0.3 is 0 Å². The molecule has 314 valence electrons. The number of benzene rings is 4. The first kappa shape index (κ1) is 39.2. The van der Waals surface area contributed by atoms with Crippen LogP contribution in [0.5, 0.6) is 0 Å². The molecule has 0 unspecified atom stereocenters. The van der Waals surface area contributed by atoms with Gasteiger partial charge in [-0.1, -0.05) is 62.4 Å². The molecular formula is C48H50N12O2. The SMILES string of the molecule is CC(C)CNc1nc2ccccc2n2c(-c3ccc4cn[nH]c4c3)cnc12.O=C(NC1CC1)c1ccc(-c2cnc3c(NCCCN4CCOCC4)nc4ccccc4n23)cc1. The molecule has 1 amide bonds. The van der Waals surface area contributed by atoms with Crippen LogP contribution in [-0.2, 0) is 4.74 Å². The van der Waals surface area contributed by atoms with Crippen LogP contribution in [0.3, 0.4) is 0 Å². The second kappa shape index (κ2) is 17.2. The molecule has 5 aromatic heterocycles. The summed E-state index contributed by atoms with van der Waals surface area (Å²) in [5.74, 6) is 2.12. The zero-order valence-corrected chi connectivity index (χ0v) is 35.0. The number of anilines is 2. The van der Waals surface area contributed by atoms with Crippen LogP contribution >= 0.6 is 0 Å². The number of hydrogen-bond acceptors (Lipinski definition) is 10. The number of ether oxygens (including phenoxy) is 1. The number of carbonyl (C=O) groups is 1. The molecular weight excluding hydrogens is 777 g/mol. The summed E-state index contributed by atoms with van der Waals surface area (Å²) < 4.78 is 9.78. The molecule has 62 heavy (non-hydrogen) atoms. The van der Waals surface area contributed by atoms with Crippen LogP contribution < -0.4 is 16.0 Å². The topological polar surface area (TPSA) is 155 Å². The molecule has 14 heteroatoms. The highest BCUT2D eigenvalue weighted by atomic mass is 16.5. The highest BCUT2D eigenvalue weighted by Crippen LogP contribution is 2.31. The minimum absolute atomic E-state index is 0.00425. The van der Waals surface area contributed by atoms with Crippen LogP contribution in [0.4, 0.5) is 11.6 Å². The van der Waals surface area contributed by atoms with E-state index in [2.05, 4.69) is 84.0 Å². The van der Waals surface area contributed by atoms with Crippen LogP contribution in [-0.4, -0.2) is 102 Å². The van der Waals surface area contributed by atoms with Crippen molar-refractivity contribution in [3.05, 3.63) is 115 Å². The van der Waals surface area contributed by atoms with E-state index in [-0.39, 0.29) is 5.91 Å². The molecule has 2 fully saturated rings. The molecule has 1 aliphatic heterocycles. The van der Waals surface area contributed by atoms with Crippen molar-refractivity contribution in [3.63, 3.8) is 0 Å². The average Bonchev–Trinajstić information content (AvgIpc) is 3.63. The molecule has 0 bridgehead atoms. The van der Waals surface area contributed by atoms with Gasteiger partial charge in [-0.25, -0.2) is 19.9 Å². The van der Waals surface area contributed by atoms with E-state index in [1.165, 1.54) is 0 Å². The normalized spacial score (nSPS) is 14.5. The summed E-state index contributed by atoms with van der Waals surface area (Å²) in [6, 6.07) is 30.7. The summed E-state index contributed by atoms with van der Waals surface area (Å²) >= 11 is 0. The summed E-state index contributed by atoms with van der Waals surface area (Å²) in [4.78, 5) is 34.0. The fraction of sp³-hybridized carbons (Fsp3) is 0.292. The van der Waals surface area contributed by atoms with Crippen molar-refractivity contribution < 1.29 is 9.53 Å². The van der Waals surface area contributed by atoms with Gasteiger partial charge in [-0.3, -0.25) is 23.6 Å². The maximum absolute atomic E-state index is 12.4. The van der Waals surface area contributed by atoms with Crippen LogP contribution in [0, 0.1) is 5.92 Å². The van der Waals surface area contributed by atoms with Crippen molar-refractivity contribution in [3.8, 4) is 22.5 Å². The predicted octanol–water partition coefficient (Wildman–Crippen LogP) is 8.07. The van der Waals surface area contributed by atoms with Crippen LogP contribution in [0.2, 0.25) is 0 Å². The summed E-state index contributed by atoms with van der Waals surface area (Å²) in [5, 5.41) is 18.3. The summed E-state index contributed by atoms with van der Waals surface area (Å²) in [5.41, 5.74) is 11.4. The third-order valence-corrected chi connectivity index (χ3v) is 11.5. The molecule has 1 saturated carbocycles. The van der Waals surface area contributed by atoms with E-state index < -0.39 is 0 Å². The lowest BCUT2D eigenvalue weighted by Crippen LogP contribution is -2.37. The largest absolute Gasteiger partial charge is 0.379 e. The summed E-state index contributed by atoms with van der Waals surface area (Å²) in [6.07, 6.45) is 8.83. The van der Waals surface area contributed by atoms with E-state index in [1.54, 1.807) is 0 Å². The summed E-state index contributed by atoms with van der Waals surface area (Å²) in [7, 11) is 0. The number of morpholine rings is 1. The quantitative estimate of drug-likeness (QED) is 0.0890. The minimum Gasteiger partial charge on any atom is -0.379 e. The number of amides is 1. The Morgan fingerprint density at radius 3 is 2.06 bits per heavy atom. The van der Waals surface area contributed by atoms with Crippen molar-refractivity contribution >= 4 is 61.8 Å². The van der Waals surface area contributed by atoms with Gasteiger partial charge in [0.15, 0.2) is 22.9 Å². The van der Waals surface area contributed by atoms with Gasteiger partial charge in [0.2, 0.25) is 0 Å². The molecule has 4 N–H and O–H groups in total. The first-order valence-electron chi connectivity index (χ1n) is 21.6. The Hall–Kier alpha value is -6.90. The maximum Gasteiger partial charge on any atom is 0.251 e. The first-order valence-corrected chi connectivity index (χ1v) is 21.6. The smallest absolute Gasteiger partial charge is 0.251 e. The second-order valence-corrected chi connectivity index (χ2v) is 16.5. The number of H-pyrrole nitrogens is 1. The Labute approximate surface area is 358 Å². The summed E-state index contributed by atoms with van der Waals surface area (Å²) in [6.45, 7) is 10.7. The van der Waals surface area contributed by atoms with Gasteiger partial charge in [0.25, 0.3) is 5.91 Å². The lowest BCUT2D eigenvalue weighted by molar-refractivity contribution is 0.0378. The number of hydrogen-bond donors (Lipinski definition) is 4. The van der Waals surface area contributed by atoms with E-state index >= 15 is 0 Å². The molecule has 2 aliphatic rings. The second-order valence-electron chi connectivity index (χ2n) is 16.5. The Balaban J connectivity index is 0.000000153. The van der Waals surface area contributed by atoms with E-state index in [9.17, 15) is 4.79 Å². The van der Waals surface area contributed by atoms with E-state index in [4.69, 9.17) is 24.7 Å². The Morgan fingerprint density at radius 2 is 1.40 bits per heavy atom. The lowest BCUT2D eigenvalue weighted by Gasteiger charge is -2.26. The van der Waals surface area contributed by atoms with Crippen LogP contribution in [0.25, 0.3) is 66.8 Å². The number of rotatable bonds is 12. The number of aromatic nitrogens is 8. The van der Waals surface area contributed by atoms with Gasteiger partial charge in [0.1, 0.15) is 0 Å². The lowest BCUT2D eigenvalue weighted by atomic mass is 10.1. The molecule has 11 rings (SSSR count). The molecule has 0 spiro atoms. The molecule has 14 nitrogen and oxygen atoms in total. The molecule has 1 aliphatic carbocycles. The number of imidazole rings is 2. The molecule has 0 atom stereocenters. The predicted molar refractivity (Wildman–Crippen MR) is 246 cm³/mol. The van der Waals surface area contributed by atoms with Gasteiger partial charge in [-0.15, -0.1) is 0 Å². The van der Waals surface area contributed by atoms with Crippen molar-refractivity contribution in [1.82, 2.24) is 49.2 Å². The third-order valence-electron chi connectivity index (χ3n) is 11.5. The van der Waals surface area contributed by atoms with E-state index in [0.717, 1.165) is 144 Å². The zero-order chi connectivity index (χ0) is 42.0. The number of carbonyl (C=O) groups excluding carboxylic acids is 1. The van der Waals surface area contributed by atoms with Crippen molar-refractivity contribution in [2.45, 2.75) is 39.2 Å². The van der Waals surface area contributed by atoms with E-state index in [1.807, 2.05) is 79.3 Å². The first-order chi connectivity index (χ1) is 30.5. The van der Waals surface area contributed by atoms with E-state index in [0.29, 0.717) is 17.5 Å². The molecule has 9 aromatic rings. The Kier molecular flexibility index (Phi) is 10.9. The average molecular weight is 827 g/mol. The van der Waals surface area contributed by atoms with Crippen LogP contribution in [0.15, 0.2) is 110 Å². The number of fused-ring (bicyclic) bond motifs is 7. The Bertz CT molecular complexity index is 3010. The van der Waals surface area contributed by atoms with Crippen molar-refractivity contribution in [2.75, 3.05) is 56.6 Å². The number of aromatic amines is 1. The molecule has 4 aromatic carbocycles. The van der Waals surface area contributed by atoms with Gasteiger partial charge in [0.05, 0.1) is 70.8 Å². The third kappa shape index (κ3) is 8.14. The molecule has 6 heterocycles. The maximum atomic E-state index is 12.4. The van der Waals surface area contributed by atoms with Crippen molar-refractivity contribution in [2.24, 2.45) is 5.92 Å². The van der Waals surface area contributed by atoms with Crippen molar-refractivity contribution in [1.29, 1.82) is 0 Å². The standard InChI is InChI=1S/C27H30N6O2.C21H20N6/c34-27(30-21-10-11-21)20-8-6-19(7-9-20)24-18-29-26-25(28-12-3-13-32-14-16-35-17-15-32)31-22-4-1-2-5-23(22)33(24)26;1-13(2)10-22-20-21-23-12-19(14-7-8-15-11-24-26-17(15)9-14)27(21)18-6-4-3-5-16(18)25-20/h1-2,4-9,18,21H,3,10-17H2,(H,28,31)(H,30,34);3-9,11-13H,10H2,1-2H3,(H,22,25)(H,24,26). The number of nitrogens with zero attached hydrogens (tertiary/aromatic N) is 8.